The number of hydrogen-bond acceptors (Lipinski definition) is 6. The third-order valence-corrected chi connectivity index (χ3v) is 4.47. The van der Waals surface area contributed by atoms with Gasteiger partial charge in [0.2, 0.25) is 0 Å². The number of rotatable bonds is 3. The zero-order chi connectivity index (χ0) is 16.7. The van der Waals surface area contributed by atoms with Crippen LogP contribution in [0.25, 0.3) is 0 Å². The minimum absolute atomic E-state index is 0.252. The molecule has 2 aromatic rings. The molecule has 2 aromatic heterocycles. The molecule has 0 unspecified atom stereocenters. The van der Waals surface area contributed by atoms with E-state index >= 15 is 0 Å². The number of likely N-dealkylation sites (tertiary alicyclic amines) is 1. The molecule has 9 nitrogen and oxygen atoms in total. The Balaban J connectivity index is 1.47. The van der Waals surface area contributed by atoms with Crippen LogP contribution in [0.2, 0.25) is 0 Å². The van der Waals surface area contributed by atoms with Gasteiger partial charge in [0.15, 0.2) is 0 Å². The first-order valence-electron chi connectivity index (χ1n) is 8.05. The van der Waals surface area contributed by atoms with Crippen LogP contribution in [-0.4, -0.2) is 60.2 Å². The summed E-state index contributed by atoms with van der Waals surface area (Å²) in [6.07, 6.45) is 6.42. The Morgan fingerprint density at radius 3 is 2.92 bits per heavy atom. The molecule has 2 atom stereocenters. The number of anilines is 1. The van der Waals surface area contributed by atoms with Crippen molar-refractivity contribution < 1.29 is 9.90 Å². The summed E-state index contributed by atoms with van der Waals surface area (Å²) in [5, 5.41) is 20.8. The number of amides is 2. The van der Waals surface area contributed by atoms with Gasteiger partial charge in [-0.05, 0) is 19.8 Å². The van der Waals surface area contributed by atoms with Gasteiger partial charge in [-0.2, -0.15) is 0 Å². The molecule has 0 bridgehead atoms. The summed E-state index contributed by atoms with van der Waals surface area (Å²) < 4.78 is 1.59. The van der Waals surface area contributed by atoms with Gasteiger partial charge in [-0.3, -0.25) is 0 Å². The van der Waals surface area contributed by atoms with Gasteiger partial charge in [0, 0.05) is 18.7 Å². The topological polar surface area (TPSA) is 109 Å². The Morgan fingerprint density at radius 2 is 2.21 bits per heavy atom. The molecule has 0 radical (unpaired) electrons. The number of urea groups is 1. The van der Waals surface area contributed by atoms with Crippen molar-refractivity contribution in [3.8, 4) is 0 Å². The molecule has 1 saturated heterocycles. The number of carbonyl (C=O) groups excluding carboxylic acids is 1. The lowest BCUT2D eigenvalue weighted by Gasteiger charge is -2.18. The number of aliphatic hydroxyl groups is 1. The van der Waals surface area contributed by atoms with Crippen molar-refractivity contribution in [1.82, 2.24) is 29.9 Å². The molecular formula is C15H19N7O2. The van der Waals surface area contributed by atoms with Crippen LogP contribution in [0.5, 0.6) is 0 Å². The highest BCUT2D eigenvalue weighted by atomic mass is 16.3. The van der Waals surface area contributed by atoms with Gasteiger partial charge in [-0.1, -0.05) is 5.21 Å². The standard InChI is InChI=1S/C15H19N7O2/c1-9-16-6-11(14(18-9)10-2-3-10)19-15(24)21-7-12(13(23)8-21)22-5-4-17-20-22/h4-6,10,12-13,23H,2-3,7-8H2,1H3,(H,19,24)/t12-,13-/m1/s1. The van der Waals surface area contributed by atoms with E-state index in [4.69, 9.17) is 0 Å². The van der Waals surface area contributed by atoms with Gasteiger partial charge in [0.05, 0.1) is 42.5 Å². The van der Waals surface area contributed by atoms with Crippen LogP contribution >= 0.6 is 0 Å². The lowest BCUT2D eigenvalue weighted by Crippen LogP contribution is -2.34. The number of carbonyl (C=O) groups is 1. The van der Waals surface area contributed by atoms with E-state index in [0.717, 1.165) is 18.5 Å². The second-order valence-electron chi connectivity index (χ2n) is 6.34. The van der Waals surface area contributed by atoms with Crippen LogP contribution in [0.4, 0.5) is 10.5 Å². The van der Waals surface area contributed by atoms with E-state index < -0.39 is 6.10 Å². The van der Waals surface area contributed by atoms with E-state index in [-0.39, 0.29) is 18.6 Å². The van der Waals surface area contributed by atoms with E-state index in [1.54, 1.807) is 28.2 Å². The lowest BCUT2D eigenvalue weighted by atomic mass is 10.2. The molecule has 1 aliphatic heterocycles. The highest BCUT2D eigenvalue weighted by Crippen LogP contribution is 2.42. The summed E-state index contributed by atoms with van der Waals surface area (Å²) in [4.78, 5) is 22.8. The quantitative estimate of drug-likeness (QED) is 0.858. The highest BCUT2D eigenvalue weighted by molar-refractivity contribution is 5.90. The fourth-order valence-electron chi connectivity index (χ4n) is 3.04. The Bertz CT molecular complexity index is 744. The maximum absolute atomic E-state index is 12.6. The summed E-state index contributed by atoms with van der Waals surface area (Å²) in [5.41, 5.74) is 1.57. The summed E-state index contributed by atoms with van der Waals surface area (Å²) in [6, 6.07) is -0.540. The molecule has 24 heavy (non-hydrogen) atoms. The Labute approximate surface area is 138 Å². The average molecular weight is 329 g/mol. The van der Waals surface area contributed by atoms with Crippen LogP contribution < -0.4 is 5.32 Å². The van der Waals surface area contributed by atoms with E-state index in [1.807, 2.05) is 6.92 Å². The molecule has 9 heteroatoms. The molecule has 1 aliphatic carbocycles. The van der Waals surface area contributed by atoms with E-state index in [2.05, 4.69) is 25.6 Å². The Morgan fingerprint density at radius 1 is 1.38 bits per heavy atom. The molecular weight excluding hydrogens is 310 g/mol. The fourth-order valence-corrected chi connectivity index (χ4v) is 3.04. The second-order valence-corrected chi connectivity index (χ2v) is 6.34. The smallest absolute Gasteiger partial charge is 0.322 e. The number of aromatic nitrogens is 5. The molecule has 0 aromatic carbocycles. The van der Waals surface area contributed by atoms with Crippen LogP contribution in [0, 0.1) is 6.92 Å². The third kappa shape index (κ3) is 2.82. The molecule has 2 N–H and O–H groups in total. The normalized spacial score (nSPS) is 23.5. The number of hydrogen-bond donors (Lipinski definition) is 2. The molecule has 2 aliphatic rings. The average Bonchev–Trinajstić information content (AvgIpc) is 3.11. The van der Waals surface area contributed by atoms with Gasteiger partial charge in [0.25, 0.3) is 0 Å². The van der Waals surface area contributed by atoms with Gasteiger partial charge >= 0.3 is 6.03 Å². The largest absolute Gasteiger partial charge is 0.389 e. The van der Waals surface area contributed by atoms with E-state index in [0.29, 0.717) is 24.0 Å². The Hall–Kier alpha value is -2.55. The first-order chi connectivity index (χ1) is 11.6. The van der Waals surface area contributed by atoms with Crippen molar-refractivity contribution in [2.45, 2.75) is 37.8 Å². The molecule has 1 saturated carbocycles. The maximum Gasteiger partial charge on any atom is 0.322 e. The summed E-state index contributed by atoms with van der Waals surface area (Å²) >= 11 is 0. The zero-order valence-corrected chi connectivity index (χ0v) is 13.3. The summed E-state index contributed by atoms with van der Waals surface area (Å²) in [6.45, 7) is 2.47. The van der Waals surface area contributed by atoms with Gasteiger partial charge in [0.1, 0.15) is 5.82 Å². The van der Waals surface area contributed by atoms with Crippen LogP contribution in [0.1, 0.15) is 36.3 Å². The van der Waals surface area contributed by atoms with Crippen molar-refractivity contribution in [3.63, 3.8) is 0 Å². The SMILES string of the molecule is Cc1ncc(NC(=O)N2C[C@@H](O)[C@H](n3ccnn3)C2)c(C2CC2)n1. The predicted octanol–water partition coefficient (Wildman–Crippen LogP) is 0.704. The van der Waals surface area contributed by atoms with Crippen molar-refractivity contribution in [2.24, 2.45) is 0 Å². The first-order valence-corrected chi connectivity index (χ1v) is 8.05. The number of β-amino-alcohol motifs (C(OH)–C–C–N with tert-alkyl or cyclic N) is 1. The van der Waals surface area contributed by atoms with Gasteiger partial charge in [-0.15, -0.1) is 5.10 Å². The Kier molecular flexibility index (Phi) is 3.64. The molecule has 4 rings (SSSR count). The molecule has 126 valence electrons. The number of aryl methyl sites for hydroxylation is 1. The van der Waals surface area contributed by atoms with Gasteiger partial charge in [-0.25, -0.2) is 19.4 Å². The predicted molar refractivity (Wildman–Crippen MR) is 84.4 cm³/mol. The van der Waals surface area contributed by atoms with Crippen molar-refractivity contribution in [1.29, 1.82) is 0 Å². The van der Waals surface area contributed by atoms with Crippen LogP contribution in [-0.2, 0) is 0 Å². The molecule has 3 heterocycles. The fraction of sp³-hybridized carbons (Fsp3) is 0.533. The van der Waals surface area contributed by atoms with E-state index in [9.17, 15) is 9.90 Å². The highest BCUT2D eigenvalue weighted by Gasteiger charge is 2.36. The van der Waals surface area contributed by atoms with Crippen molar-refractivity contribution in [3.05, 3.63) is 30.1 Å². The number of nitrogens with zero attached hydrogens (tertiary/aromatic N) is 6. The number of aliphatic hydroxyl groups excluding tert-OH is 1. The monoisotopic (exact) mass is 329 g/mol. The van der Waals surface area contributed by atoms with Crippen LogP contribution in [0.3, 0.4) is 0 Å². The molecule has 2 fully saturated rings. The molecule has 2 amide bonds. The molecule has 0 spiro atoms. The van der Waals surface area contributed by atoms with Crippen molar-refractivity contribution in [2.75, 3.05) is 18.4 Å². The first kappa shape index (κ1) is 15.0. The summed E-state index contributed by atoms with van der Waals surface area (Å²) in [7, 11) is 0. The second kappa shape index (κ2) is 5.82. The minimum Gasteiger partial charge on any atom is -0.389 e. The van der Waals surface area contributed by atoms with Crippen LogP contribution in [0.15, 0.2) is 18.6 Å². The minimum atomic E-state index is -0.672. The summed E-state index contributed by atoms with van der Waals surface area (Å²) in [5.74, 6) is 1.12. The number of nitrogens with one attached hydrogen (secondary N) is 1. The van der Waals surface area contributed by atoms with Crippen molar-refractivity contribution >= 4 is 11.7 Å². The van der Waals surface area contributed by atoms with Gasteiger partial charge < -0.3 is 15.3 Å². The van der Waals surface area contributed by atoms with E-state index in [1.165, 1.54) is 0 Å². The third-order valence-electron chi connectivity index (χ3n) is 4.47. The zero-order valence-electron chi connectivity index (χ0n) is 13.3. The maximum atomic E-state index is 12.6. The lowest BCUT2D eigenvalue weighted by molar-refractivity contribution is 0.139.